The van der Waals surface area contributed by atoms with Crippen LogP contribution in [0.4, 0.5) is 0 Å². The number of fused-ring (bicyclic) bond motifs is 6. The fraction of sp³-hybridized carbons (Fsp3) is 0.490. The lowest BCUT2D eigenvalue weighted by Gasteiger charge is -2.40. The number of hydrogen-bond donors (Lipinski definition) is 2. The number of esters is 1. The Morgan fingerprint density at radius 1 is 1.08 bits per heavy atom. The highest BCUT2D eigenvalue weighted by Gasteiger charge is 2.44. The van der Waals surface area contributed by atoms with E-state index in [2.05, 4.69) is 73.0 Å². The van der Waals surface area contributed by atoms with Crippen LogP contribution in [-0.4, -0.2) is 125 Å². The van der Waals surface area contributed by atoms with E-state index in [0.717, 1.165) is 50.1 Å². The summed E-state index contributed by atoms with van der Waals surface area (Å²) in [6.45, 7) is 14.1. The highest BCUT2D eigenvalue weighted by molar-refractivity contribution is 5.96. The maximum atomic E-state index is 14.7. The number of carbonyl (C=O) groups is 5. The third kappa shape index (κ3) is 9.38. The molecular weight excluding hydrogens is 839 g/mol. The maximum absolute atomic E-state index is 14.7. The summed E-state index contributed by atoms with van der Waals surface area (Å²) >= 11 is 0. The molecule has 350 valence electrons. The van der Waals surface area contributed by atoms with Crippen molar-refractivity contribution < 1.29 is 38.2 Å². The minimum atomic E-state index is -1.08. The Morgan fingerprint density at radius 3 is 2.59 bits per heavy atom. The molecule has 2 N–H and O–H groups in total. The predicted octanol–water partition coefficient (Wildman–Crippen LogP) is 5.40. The fourth-order valence-electron chi connectivity index (χ4n) is 10.1. The molecule has 0 aliphatic carbocycles. The molecule has 0 spiro atoms. The summed E-state index contributed by atoms with van der Waals surface area (Å²) in [6.07, 6.45) is 4.93. The Kier molecular flexibility index (Phi) is 13.8. The molecule has 3 saturated heterocycles. The van der Waals surface area contributed by atoms with E-state index in [1.807, 2.05) is 31.2 Å². The standard InChI is InChI=1S/C51H63N7O8/c1-8-43(59)56-23-19-35(29-56)48(61)55(6)46(42-20-24-65-42)47(60)53-40-26-32-13-10-14-33(25-32)34-17-18-41-37(27-34)38(45(57(41)9-2)36-15-11-21-52-44(36)31(3)64-7)28-51(4,5)30-66-50(63)39-16-12-22-58(54-39)49(40)62/h8,10-11,13-15,17-18,21,25,27,31,35,39-40,42,46,54H,1,9,12,16,19-20,22-24,26,28-30H2,2-7H3,(H,53,60)/t31-,35-,39-,40-,42-,46-/m0/s1. The molecule has 15 heteroatoms. The second-order valence-corrected chi connectivity index (χ2v) is 18.9. The first-order chi connectivity index (χ1) is 31.7. The van der Waals surface area contributed by atoms with Gasteiger partial charge in [0.25, 0.3) is 5.91 Å². The number of nitrogens with zero attached hydrogens (tertiary/aromatic N) is 5. The molecule has 6 bridgehead atoms. The van der Waals surface area contributed by atoms with Gasteiger partial charge >= 0.3 is 5.97 Å². The third-order valence-corrected chi connectivity index (χ3v) is 13.8. The fourth-order valence-corrected chi connectivity index (χ4v) is 10.1. The maximum Gasteiger partial charge on any atom is 0.324 e. The van der Waals surface area contributed by atoms with Crippen molar-refractivity contribution in [1.29, 1.82) is 0 Å². The number of hydrazine groups is 1. The van der Waals surface area contributed by atoms with Gasteiger partial charge in [0, 0.05) is 81.4 Å². The number of aromatic nitrogens is 2. The Morgan fingerprint density at radius 2 is 1.86 bits per heavy atom. The largest absolute Gasteiger partial charge is 0.464 e. The summed E-state index contributed by atoms with van der Waals surface area (Å²) in [6, 6.07) is 15.7. The number of cyclic esters (lactones) is 1. The molecule has 4 aliphatic heterocycles. The van der Waals surface area contributed by atoms with E-state index in [4.69, 9.17) is 19.2 Å². The number of likely N-dealkylation sites (N-methyl/N-ethyl adjacent to an activating group) is 1. The van der Waals surface area contributed by atoms with Gasteiger partial charge in [0.15, 0.2) is 0 Å². The molecule has 4 aliphatic rings. The first kappa shape index (κ1) is 46.6. The van der Waals surface area contributed by atoms with Crippen molar-refractivity contribution in [2.45, 2.75) is 103 Å². The molecule has 8 rings (SSSR count). The van der Waals surface area contributed by atoms with E-state index in [9.17, 15) is 24.0 Å². The topological polar surface area (TPSA) is 165 Å². The van der Waals surface area contributed by atoms with E-state index in [-0.39, 0.29) is 37.5 Å². The molecule has 4 amide bonds. The summed E-state index contributed by atoms with van der Waals surface area (Å²) in [5, 5.41) is 5.55. The molecule has 0 unspecified atom stereocenters. The molecule has 0 radical (unpaired) electrons. The van der Waals surface area contributed by atoms with Crippen molar-refractivity contribution in [3.63, 3.8) is 0 Å². The minimum absolute atomic E-state index is 0.127. The Bertz CT molecular complexity index is 2510. The highest BCUT2D eigenvalue weighted by atomic mass is 16.5. The van der Waals surface area contributed by atoms with Gasteiger partial charge in [-0.1, -0.05) is 50.8 Å². The Balaban J connectivity index is 1.18. The number of methoxy groups -OCH3 is 1. The summed E-state index contributed by atoms with van der Waals surface area (Å²) in [5.74, 6) is -2.41. The predicted molar refractivity (Wildman–Crippen MR) is 249 cm³/mol. The van der Waals surface area contributed by atoms with E-state index < -0.39 is 53.3 Å². The lowest BCUT2D eigenvalue weighted by atomic mass is 9.84. The van der Waals surface area contributed by atoms with Crippen LogP contribution in [0.2, 0.25) is 0 Å². The molecular formula is C51H63N7O8. The minimum Gasteiger partial charge on any atom is -0.464 e. The molecule has 2 aromatic carbocycles. The second kappa shape index (κ2) is 19.5. The van der Waals surface area contributed by atoms with Crippen LogP contribution >= 0.6 is 0 Å². The Labute approximate surface area is 386 Å². The van der Waals surface area contributed by atoms with Gasteiger partial charge < -0.3 is 33.9 Å². The van der Waals surface area contributed by atoms with Crippen molar-refractivity contribution in [3.8, 4) is 22.4 Å². The molecule has 4 aromatic rings. The third-order valence-electron chi connectivity index (χ3n) is 13.8. The van der Waals surface area contributed by atoms with Crippen molar-refractivity contribution in [1.82, 2.24) is 35.1 Å². The number of ether oxygens (including phenoxy) is 3. The number of rotatable bonds is 10. The molecule has 2 aromatic heterocycles. The number of benzene rings is 2. The number of likely N-dealkylation sites (tertiary alicyclic amines) is 1. The summed E-state index contributed by atoms with van der Waals surface area (Å²) in [4.78, 5) is 77.4. The van der Waals surface area contributed by atoms with Gasteiger partial charge in [-0.05, 0) is 98.5 Å². The second-order valence-electron chi connectivity index (χ2n) is 18.9. The normalized spacial score (nSPS) is 23.0. The zero-order valence-electron chi connectivity index (χ0n) is 39.0. The lowest BCUT2D eigenvalue weighted by molar-refractivity contribution is -0.158. The van der Waals surface area contributed by atoms with Crippen LogP contribution in [0.5, 0.6) is 0 Å². The molecule has 15 nitrogen and oxygen atoms in total. The summed E-state index contributed by atoms with van der Waals surface area (Å²) < 4.78 is 20.1. The highest BCUT2D eigenvalue weighted by Crippen LogP contribution is 2.42. The first-order valence-electron chi connectivity index (χ1n) is 23.3. The average Bonchev–Trinajstić information content (AvgIpc) is 3.93. The van der Waals surface area contributed by atoms with Crippen molar-refractivity contribution in [2.24, 2.45) is 11.3 Å². The van der Waals surface area contributed by atoms with Crippen LogP contribution in [0, 0.1) is 11.3 Å². The quantitative estimate of drug-likeness (QED) is 0.156. The number of pyridine rings is 1. The zero-order valence-corrected chi connectivity index (χ0v) is 39.0. The van der Waals surface area contributed by atoms with Crippen molar-refractivity contribution in [3.05, 3.63) is 90.3 Å². The number of nitrogens with one attached hydrogen (secondary N) is 2. The number of aryl methyl sites for hydroxylation is 1. The van der Waals surface area contributed by atoms with Gasteiger partial charge in [-0.2, -0.15) is 0 Å². The molecule has 6 heterocycles. The number of hydrogen-bond acceptors (Lipinski definition) is 10. The zero-order chi connectivity index (χ0) is 46.9. The van der Waals surface area contributed by atoms with Crippen LogP contribution < -0.4 is 10.7 Å². The van der Waals surface area contributed by atoms with Crippen LogP contribution in [0.1, 0.15) is 76.3 Å². The van der Waals surface area contributed by atoms with Crippen molar-refractivity contribution in [2.75, 3.05) is 47.0 Å². The molecule has 0 saturated carbocycles. The average molecular weight is 902 g/mol. The number of amides is 4. The van der Waals surface area contributed by atoms with Gasteiger partial charge in [-0.3, -0.25) is 34.0 Å². The van der Waals surface area contributed by atoms with E-state index in [0.29, 0.717) is 58.3 Å². The van der Waals surface area contributed by atoms with E-state index >= 15 is 0 Å². The van der Waals surface area contributed by atoms with Gasteiger partial charge in [0.05, 0.1) is 36.1 Å². The van der Waals surface area contributed by atoms with E-state index in [1.54, 1.807) is 25.3 Å². The summed E-state index contributed by atoms with van der Waals surface area (Å²) in [7, 11) is 3.27. The molecule has 3 fully saturated rings. The monoisotopic (exact) mass is 901 g/mol. The van der Waals surface area contributed by atoms with Gasteiger partial charge in [0.1, 0.15) is 18.1 Å². The SMILES string of the molecule is C=CC(=O)N1CC[C@H](C(=O)N(C)[C@H](C(=O)N[C@H]2Cc3cccc(c3)-c3ccc4c(c3)c(c(-c3cccnc3[C@H](C)OC)n4CC)CC(C)(C)COC(=O)[C@@H]3CCCN(N3)C2=O)[C@@H]2CCO2)C1. The van der Waals surface area contributed by atoms with Crippen LogP contribution in [0.25, 0.3) is 33.3 Å². The van der Waals surface area contributed by atoms with Crippen LogP contribution in [-0.2, 0) is 57.6 Å². The number of carbonyl (C=O) groups excluding carboxylic acids is 5. The molecule has 66 heavy (non-hydrogen) atoms. The first-order valence-corrected chi connectivity index (χ1v) is 23.3. The van der Waals surface area contributed by atoms with Gasteiger partial charge in [0.2, 0.25) is 17.7 Å². The summed E-state index contributed by atoms with van der Waals surface area (Å²) in [5.41, 5.74) is 10.4. The van der Waals surface area contributed by atoms with Gasteiger partial charge in [-0.25, -0.2) is 5.43 Å². The van der Waals surface area contributed by atoms with E-state index in [1.165, 1.54) is 16.0 Å². The lowest BCUT2D eigenvalue weighted by Crippen LogP contribution is -2.64. The smallest absolute Gasteiger partial charge is 0.324 e. The molecule has 6 atom stereocenters. The Hall–Kier alpha value is -5.90. The van der Waals surface area contributed by atoms with Crippen molar-refractivity contribution >= 4 is 40.5 Å². The van der Waals surface area contributed by atoms with Crippen LogP contribution in [0.15, 0.2) is 73.4 Å². The van der Waals surface area contributed by atoms with Gasteiger partial charge in [-0.15, -0.1) is 0 Å². The van der Waals surface area contributed by atoms with Crippen LogP contribution in [0.3, 0.4) is 0 Å².